The van der Waals surface area contributed by atoms with E-state index in [-0.39, 0.29) is 18.9 Å². The van der Waals surface area contributed by atoms with Crippen LogP contribution in [0.2, 0.25) is 0 Å². The van der Waals surface area contributed by atoms with Crippen LogP contribution in [0.3, 0.4) is 0 Å². The normalized spacial score (nSPS) is 13.2. The van der Waals surface area contributed by atoms with Gasteiger partial charge in [0.25, 0.3) is 0 Å². The maximum absolute atomic E-state index is 13.4. The number of carbonyl (C=O) groups excluding carboxylic acids is 2. The fourth-order valence-electron chi connectivity index (χ4n) is 3.87. The predicted octanol–water partition coefficient (Wildman–Crippen LogP) is 6.28. The first-order valence-electron chi connectivity index (χ1n) is 11.6. The SMILES string of the molecule is COC(=O)C(C=Cc1ccccc1)(CC=Cc1ccccc1)N(CC=Cc1ccccc1)C(C)=O. The molecular weight excluding hydrogens is 434 g/mol. The fourth-order valence-corrected chi connectivity index (χ4v) is 3.87. The number of hydrogen-bond donors (Lipinski definition) is 0. The summed E-state index contributed by atoms with van der Waals surface area (Å²) in [5, 5.41) is 0. The summed E-state index contributed by atoms with van der Waals surface area (Å²) in [5.41, 5.74) is 1.64. The highest BCUT2D eigenvalue weighted by Crippen LogP contribution is 2.27. The molecule has 0 aliphatic carbocycles. The van der Waals surface area contributed by atoms with Crippen molar-refractivity contribution < 1.29 is 14.3 Å². The van der Waals surface area contributed by atoms with Gasteiger partial charge in [0.05, 0.1) is 7.11 Å². The Morgan fingerprint density at radius 1 is 0.743 bits per heavy atom. The van der Waals surface area contributed by atoms with Gasteiger partial charge in [0, 0.05) is 19.9 Å². The second-order valence-electron chi connectivity index (χ2n) is 8.12. The molecule has 0 aliphatic rings. The van der Waals surface area contributed by atoms with E-state index < -0.39 is 11.5 Å². The molecule has 1 amide bonds. The Morgan fingerprint density at radius 2 is 1.20 bits per heavy atom. The molecular formula is C31H31NO3. The van der Waals surface area contributed by atoms with Crippen molar-refractivity contribution in [3.8, 4) is 0 Å². The molecule has 0 N–H and O–H groups in total. The van der Waals surface area contributed by atoms with Crippen molar-refractivity contribution in [2.75, 3.05) is 13.7 Å². The third kappa shape index (κ3) is 7.15. The summed E-state index contributed by atoms with van der Waals surface area (Å²) in [7, 11) is 1.35. The van der Waals surface area contributed by atoms with Gasteiger partial charge in [-0.15, -0.1) is 0 Å². The van der Waals surface area contributed by atoms with E-state index in [1.807, 2.05) is 121 Å². The van der Waals surface area contributed by atoms with E-state index >= 15 is 0 Å². The molecule has 0 saturated heterocycles. The van der Waals surface area contributed by atoms with E-state index in [9.17, 15) is 9.59 Å². The first kappa shape index (κ1) is 25.4. The fraction of sp³-hybridized carbons (Fsp3) is 0.161. The quantitative estimate of drug-likeness (QED) is 0.331. The molecule has 0 fully saturated rings. The minimum atomic E-state index is -1.32. The lowest BCUT2D eigenvalue weighted by molar-refractivity contribution is -0.157. The number of benzene rings is 3. The van der Waals surface area contributed by atoms with E-state index in [0.29, 0.717) is 0 Å². The molecule has 0 radical (unpaired) electrons. The van der Waals surface area contributed by atoms with Gasteiger partial charge in [-0.1, -0.05) is 121 Å². The van der Waals surface area contributed by atoms with Crippen LogP contribution in [-0.4, -0.2) is 36.0 Å². The summed E-state index contributed by atoms with van der Waals surface area (Å²) in [6, 6.07) is 29.4. The molecule has 3 aromatic rings. The summed E-state index contributed by atoms with van der Waals surface area (Å²) < 4.78 is 5.26. The Morgan fingerprint density at radius 3 is 1.66 bits per heavy atom. The smallest absolute Gasteiger partial charge is 0.336 e. The summed E-state index contributed by atoms with van der Waals surface area (Å²) >= 11 is 0. The Bertz CT molecular complexity index is 1170. The first-order valence-corrected chi connectivity index (χ1v) is 11.6. The summed E-state index contributed by atoms with van der Waals surface area (Å²) in [4.78, 5) is 27.8. The van der Waals surface area contributed by atoms with Gasteiger partial charge >= 0.3 is 5.97 Å². The monoisotopic (exact) mass is 465 g/mol. The number of ether oxygens (including phenoxy) is 1. The second kappa shape index (κ2) is 12.9. The maximum atomic E-state index is 13.4. The van der Waals surface area contributed by atoms with Gasteiger partial charge in [-0.3, -0.25) is 4.79 Å². The molecule has 178 valence electrons. The van der Waals surface area contributed by atoms with Crippen LogP contribution in [0.5, 0.6) is 0 Å². The van der Waals surface area contributed by atoms with Crippen molar-refractivity contribution in [3.05, 3.63) is 126 Å². The van der Waals surface area contributed by atoms with Crippen molar-refractivity contribution in [3.63, 3.8) is 0 Å². The summed E-state index contributed by atoms with van der Waals surface area (Å²) in [5.74, 6) is -0.718. The van der Waals surface area contributed by atoms with Gasteiger partial charge in [0.15, 0.2) is 5.54 Å². The van der Waals surface area contributed by atoms with Crippen LogP contribution < -0.4 is 0 Å². The molecule has 0 heterocycles. The third-order valence-corrected chi connectivity index (χ3v) is 5.69. The standard InChI is InChI=1S/C31H31NO3/c1-26(33)32(25-13-21-28-16-8-4-9-17-28)31(30(34)35-2,24-22-29-18-10-5-11-19-29)23-12-20-27-14-6-3-7-15-27/h3-22,24H,23,25H2,1-2H3. The van der Waals surface area contributed by atoms with Crippen LogP contribution in [0.25, 0.3) is 18.2 Å². The van der Waals surface area contributed by atoms with Crippen molar-refractivity contribution in [1.82, 2.24) is 4.90 Å². The maximum Gasteiger partial charge on any atom is 0.336 e. The minimum absolute atomic E-state index is 0.223. The van der Waals surface area contributed by atoms with Crippen molar-refractivity contribution in [2.24, 2.45) is 0 Å². The highest BCUT2D eigenvalue weighted by atomic mass is 16.5. The molecule has 1 atom stereocenters. The molecule has 0 aromatic heterocycles. The number of amides is 1. The molecule has 0 spiro atoms. The Kier molecular flexibility index (Phi) is 9.38. The topological polar surface area (TPSA) is 46.6 Å². The highest BCUT2D eigenvalue weighted by Gasteiger charge is 2.43. The van der Waals surface area contributed by atoms with Gasteiger partial charge in [-0.05, 0) is 22.8 Å². The summed E-state index contributed by atoms with van der Waals surface area (Å²) in [6.07, 6.45) is 11.6. The average Bonchev–Trinajstić information content (AvgIpc) is 2.90. The zero-order valence-corrected chi connectivity index (χ0v) is 20.2. The number of methoxy groups -OCH3 is 1. The van der Waals surface area contributed by atoms with Crippen LogP contribution in [0.1, 0.15) is 30.0 Å². The number of carbonyl (C=O) groups is 2. The Hall–Kier alpha value is -4.18. The molecule has 3 rings (SSSR count). The molecule has 0 aliphatic heterocycles. The predicted molar refractivity (Wildman–Crippen MR) is 143 cm³/mol. The largest absolute Gasteiger partial charge is 0.467 e. The molecule has 4 nitrogen and oxygen atoms in total. The van der Waals surface area contributed by atoms with Crippen LogP contribution >= 0.6 is 0 Å². The average molecular weight is 466 g/mol. The number of nitrogens with zero attached hydrogens (tertiary/aromatic N) is 1. The molecule has 3 aromatic carbocycles. The minimum Gasteiger partial charge on any atom is -0.467 e. The molecule has 35 heavy (non-hydrogen) atoms. The number of esters is 1. The third-order valence-electron chi connectivity index (χ3n) is 5.69. The van der Waals surface area contributed by atoms with Gasteiger partial charge in [0.2, 0.25) is 5.91 Å². The Labute approximate surface area is 207 Å². The second-order valence-corrected chi connectivity index (χ2v) is 8.12. The summed E-state index contributed by atoms with van der Waals surface area (Å²) in [6.45, 7) is 1.73. The van der Waals surface area contributed by atoms with Crippen molar-refractivity contribution in [2.45, 2.75) is 18.9 Å². The zero-order chi connectivity index (χ0) is 24.9. The lowest BCUT2D eigenvalue weighted by Gasteiger charge is -2.38. The van der Waals surface area contributed by atoms with Crippen LogP contribution in [0.15, 0.2) is 109 Å². The van der Waals surface area contributed by atoms with Crippen molar-refractivity contribution >= 4 is 30.1 Å². The molecule has 1 unspecified atom stereocenters. The van der Waals surface area contributed by atoms with Crippen LogP contribution in [-0.2, 0) is 14.3 Å². The Balaban J connectivity index is 2.01. The van der Waals surface area contributed by atoms with Crippen LogP contribution in [0, 0.1) is 0 Å². The van der Waals surface area contributed by atoms with Gasteiger partial charge in [-0.25, -0.2) is 4.79 Å². The number of hydrogen-bond acceptors (Lipinski definition) is 3. The van der Waals surface area contributed by atoms with E-state index in [0.717, 1.165) is 16.7 Å². The molecule has 4 heteroatoms. The molecule has 0 bridgehead atoms. The molecule has 0 saturated carbocycles. The highest BCUT2D eigenvalue weighted by molar-refractivity contribution is 5.91. The lowest BCUT2D eigenvalue weighted by atomic mass is 9.90. The van der Waals surface area contributed by atoms with Gasteiger partial charge in [0.1, 0.15) is 0 Å². The van der Waals surface area contributed by atoms with Gasteiger partial charge < -0.3 is 9.64 Å². The van der Waals surface area contributed by atoms with Crippen molar-refractivity contribution in [1.29, 1.82) is 0 Å². The van der Waals surface area contributed by atoms with Gasteiger partial charge in [-0.2, -0.15) is 0 Å². The lowest BCUT2D eigenvalue weighted by Crippen LogP contribution is -2.55. The number of rotatable bonds is 10. The zero-order valence-electron chi connectivity index (χ0n) is 20.2. The van der Waals surface area contributed by atoms with Crippen LogP contribution in [0.4, 0.5) is 0 Å². The van der Waals surface area contributed by atoms with E-state index in [1.165, 1.54) is 14.0 Å². The van der Waals surface area contributed by atoms with E-state index in [4.69, 9.17) is 4.74 Å². The van der Waals surface area contributed by atoms with E-state index in [1.54, 1.807) is 11.0 Å². The van der Waals surface area contributed by atoms with E-state index in [2.05, 4.69) is 0 Å². The first-order chi connectivity index (χ1) is 17.0.